The molecule has 3 aromatic rings. The summed E-state index contributed by atoms with van der Waals surface area (Å²) in [4.78, 5) is 17.1. The van der Waals surface area contributed by atoms with E-state index in [9.17, 15) is 4.79 Å². The Hall–Kier alpha value is -2.82. The molecule has 0 saturated carbocycles. The molecule has 0 radical (unpaired) electrons. The summed E-state index contributed by atoms with van der Waals surface area (Å²) in [6.45, 7) is 9.85. The highest BCUT2D eigenvalue weighted by atomic mass is 16.5. The van der Waals surface area contributed by atoms with Gasteiger partial charge < -0.3 is 14.6 Å². The lowest BCUT2D eigenvalue weighted by Gasteiger charge is -2.15. The van der Waals surface area contributed by atoms with Crippen LogP contribution in [0.15, 0.2) is 42.5 Å². The number of nitrogens with one attached hydrogen (secondary N) is 1. The van der Waals surface area contributed by atoms with Crippen LogP contribution in [0.5, 0.6) is 5.75 Å². The number of benzene rings is 2. The van der Waals surface area contributed by atoms with Crippen molar-refractivity contribution in [3.63, 3.8) is 0 Å². The van der Waals surface area contributed by atoms with Crippen LogP contribution in [0.4, 0.5) is 0 Å². The van der Waals surface area contributed by atoms with Crippen molar-refractivity contribution in [1.29, 1.82) is 0 Å². The van der Waals surface area contributed by atoms with E-state index in [1.54, 1.807) is 0 Å². The monoisotopic (exact) mass is 393 g/mol. The Morgan fingerprint density at radius 3 is 2.66 bits per heavy atom. The Bertz CT molecular complexity index is 973. The molecule has 0 aliphatic rings. The third-order valence-electron chi connectivity index (χ3n) is 5.43. The Kier molecular flexibility index (Phi) is 6.91. The molecule has 1 N–H and O–H groups in total. The van der Waals surface area contributed by atoms with Gasteiger partial charge in [-0.05, 0) is 56.0 Å². The molecule has 1 heterocycles. The van der Waals surface area contributed by atoms with Crippen LogP contribution >= 0.6 is 0 Å². The number of imidazole rings is 1. The van der Waals surface area contributed by atoms with Crippen LogP contribution in [0.1, 0.15) is 43.6 Å². The Morgan fingerprint density at radius 1 is 1.14 bits per heavy atom. The number of carbonyl (C=O) groups excluding carboxylic acids is 1. The van der Waals surface area contributed by atoms with E-state index in [4.69, 9.17) is 9.72 Å². The van der Waals surface area contributed by atoms with Gasteiger partial charge in [-0.2, -0.15) is 0 Å². The molecule has 0 spiro atoms. The normalized spacial score (nSPS) is 11.2. The van der Waals surface area contributed by atoms with Gasteiger partial charge in [0.2, 0.25) is 5.91 Å². The third kappa shape index (κ3) is 4.97. The number of ether oxygens (including phenoxy) is 1. The standard InChI is InChI=1S/C24H31N3O2/c1-5-19(6-2)24(28)25-16-23-26-20-9-7-8-10-21(20)27(23)13-14-29-22-15-17(3)11-12-18(22)4/h7-12,15,19H,5-6,13-14,16H2,1-4H3,(H,25,28). The van der Waals surface area contributed by atoms with E-state index in [-0.39, 0.29) is 11.8 Å². The second-order valence-corrected chi connectivity index (χ2v) is 7.52. The van der Waals surface area contributed by atoms with Crippen LogP contribution in [0.25, 0.3) is 11.0 Å². The first-order valence-electron chi connectivity index (χ1n) is 10.4. The molecule has 0 aliphatic carbocycles. The fourth-order valence-electron chi connectivity index (χ4n) is 3.59. The molecule has 5 nitrogen and oxygen atoms in total. The number of hydrogen-bond acceptors (Lipinski definition) is 3. The van der Waals surface area contributed by atoms with E-state index in [2.05, 4.69) is 48.0 Å². The second-order valence-electron chi connectivity index (χ2n) is 7.52. The highest BCUT2D eigenvalue weighted by Crippen LogP contribution is 2.20. The minimum atomic E-state index is 0.0560. The van der Waals surface area contributed by atoms with Crippen molar-refractivity contribution < 1.29 is 9.53 Å². The quantitative estimate of drug-likeness (QED) is 0.569. The number of para-hydroxylation sites is 2. The number of nitrogens with zero attached hydrogens (tertiary/aromatic N) is 2. The van der Waals surface area contributed by atoms with Crippen LogP contribution in [-0.2, 0) is 17.9 Å². The predicted octanol–water partition coefficient (Wildman–Crippen LogP) is 4.78. The van der Waals surface area contributed by atoms with Crippen molar-refractivity contribution in [2.24, 2.45) is 5.92 Å². The SMILES string of the molecule is CCC(CC)C(=O)NCc1nc2ccccc2n1CCOc1cc(C)ccc1C. The number of fused-ring (bicyclic) bond motifs is 1. The summed E-state index contributed by atoms with van der Waals surface area (Å²) < 4.78 is 8.20. The van der Waals surface area contributed by atoms with Crippen molar-refractivity contribution in [2.45, 2.75) is 53.6 Å². The van der Waals surface area contributed by atoms with Crippen molar-refractivity contribution in [3.8, 4) is 5.75 Å². The molecule has 1 amide bonds. The first kappa shape index (κ1) is 20.9. The largest absolute Gasteiger partial charge is 0.491 e. The molecule has 154 valence electrons. The smallest absolute Gasteiger partial charge is 0.223 e. The first-order chi connectivity index (χ1) is 14.0. The van der Waals surface area contributed by atoms with Crippen LogP contribution < -0.4 is 10.1 Å². The second kappa shape index (κ2) is 9.59. The van der Waals surface area contributed by atoms with Gasteiger partial charge in [-0.1, -0.05) is 38.1 Å². The summed E-state index contributed by atoms with van der Waals surface area (Å²) in [6.07, 6.45) is 1.70. The van der Waals surface area contributed by atoms with E-state index < -0.39 is 0 Å². The van der Waals surface area contributed by atoms with E-state index in [1.807, 2.05) is 32.0 Å². The molecule has 0 aliphatic heterocycles. The molecule has 0 saturated heterocycles. The van der Waals surface area contributed by atoms with Gasteiger partial charge in [0, 0.05) is 5.92 Å². The summed E-state index contributed by atoms with van der Waals surface area (Å²) >= 11 is 0. The number of hydrogen-bond donors (Lipinski definition) is 1. The van der Waals surface area contributed by atoms with Crippen molar-refractivity contribution >= 4 is 16.9 Å². The van der Waals surface area contributed by atoms with E-state index in [0.717, 1.165) is 41.0 Å². The van der Waals surface area contributed by atoms with Gasteiger partial charge in [0.25, 0.3) is 0 Å². The molecule has 0 atom stereocenters. The van der Waals surface area contributed by atoms with Crippen LogP contribution in [0.2, 0.25) is 0 Å². The molecule has 2 aromatic carbocycles. The number of carbonyl (C=O) groups is 1. The third-order valence-corrected chi connectivity index (χ3v) is 5.43. The highest BCUT2D eigenvalue weighted by molar-refractivity contribution is 5.79. The highest BCUT2D eigenvalue weighted by Gasteiger charge is 2.16. The molecule has 0 fully saturated rings. The van der Waals surface area contributed by atoms with E-state index in [1.165, 1.54) is 5.56 Å². The molecule has 1 aromatic heterocycles. The number of amides is 1. The summed E-state index contributed by atoms with van der Waals surface area (Å²) in [5.41, 5.74) is 4.31. The van der Waals surface area contributed by atoms with Gasteiger partial charge in [0.1, 0.15) is 18.2 Å². The molecule has 0 bridgehead atoms. The number of aromatic nitrogens is 2. The maximum atomic E-state index is 12.4. The maximum absolute atomic E-state index is 12.4. The lowest BCUT2D eigenvalue weighted by atomic mass is 10.0. The summed E-state index contributed by atoms with van der Waals surface area (Å²) in [5.74, 6) is 1.92. The van der Waals surface area contributed by atoms with Crippen LogP contribution in [0.3, 0.4) is 0 Å². The first-order valence-corrected chi connectivity index (χ1v) is 10.4. The lowest BCUT2D eigenvalue weighted by molar-refractivity contribution is -0.125. The van der Waals surface area contributed by atoms with Crippen LogP contribution in [0, 0.1) is 19.8 Å². The molecule has 0 unspecified atom stereocenters. The van der Waals surface area contributed by atoms with Gasteiger partial charge in [-0.25, -0.2) is 4.98 Å². The summed E-state index contributed by atoms with van der Waals surface area (Å²) in [5, 5.41) is 3.06. The van der Waals surface area contributed by atoms with Gasteiger partial charge in [0.05, 0.1) is 24.1 Å². The molecule has 3 rings (SSSR count). The van der Waals surface area contributed by atoms with Gasteiger partial charge in [-0.15, -0.1) is 0 Å². The molecular weight excluding hydrogens is 362 g/mol. The number of aryl methyl sites for hydroxylation is 2. The average Bonchev–Trinajstić information content (AvgIpc) is 3.07. The summed E-state index contributed by atoms with van der Waals surface area (Å²) in [7, 11) is 0. The minimum absolute atomic E-state index is 0.0560. The maximum Gasteiger partial charge on any atom is 0.223 e. The molecule has 29 heavy (non-hydrogen) atoms. The zero-order valence-corrected chi connectivity index (χ0v) is 17.9. The zero-order valence-electron chi connectivity index (χ0n) is 17.9. The van der Waals surface area contributed by atoms with E-state index >= 15 is 0 Å². The number of rotatable bonds is 9. The van der Waals surface area contributed by atoms with Crippen molar-refractivity contribution in [2.75, 3.05) is 6.61 Å². The van der Waals surface area contributed by atoms with Crippen molar-refractivity contribution in [1.82, 2.24) is 14.9 Å². The molecule has 5 heteroatoms. The Morgan fingerprint density at radius 2 is 1.90 bits per heavy atom. The zero-order chi connectivity index (χ0) is 20.8. The Labute approximate surface area is 173 Å². The van der Waals surface area contributed by atoms with Gasteiger partial charge in [0.15, 0.2) is 0 Å². The Balaban J connectivity index is 1.74. The minimum Gasteiger partial charge on any atom is -0.491 e. The van der Waals surface area contributed by atoms with Gasteiger partial charge >= 0.3 is 0 Å². The average molecular weight is 394 g/mol. The predicted molar refractivity (Wildman–Crippen MR) is 117 cm³/mol. The topological polar surface area (TPSA) is 56.2 Å². The van der Waals surface area contributed by atoms with Crippen molar-refractivity contribution in [3.05, 3.63) is 59.4 Å². The summed E-state index contributed by atoms with van der Waals surface area (Å²) in [6, 6.07) is 14.3. The lowest BCUT2D eigenvalue weighted by Crippen LogP contribution is -2.31. The van der Waals surface area contributed by atoms with Gasteiger partial charge in [-0.3, -0.25) is 4.79 Å². The van der Waals surface area contributed by atoms with Crippen LogP contribution in [-0.4, -0.2) is 22.1 Å². The molecular formula is C24H31N3O2. The van der Waals surface area contributed by atoms with E-state index in [0.29, 0.717) is 19.7 Å². The fourth-order valence-corrected chi connectivity index (χ4v) is 3.59. The fraction of sp³-hybridized carbons (Fsp3) is 0.417.